The van der Waals surface area contributed by atoms with Crippen LogP contribution in [-0.2, 0) is 6.54 Å². The minimum absolute atomic E-state index is 0.262. The van der Waals surface area contributed by atoms with Crippen molar-refractivity contribution in [3.8, 4) is 0 Å². The molecule has 3 aromatic rings. The predicted molar refractivity (Wildman–Crippen MR) is 77.1 cm³/mol. The van der Waals surface area contributed by atoms with Crippen LogP contribution in [0.1, 0.15) is 16.1 Å². The van der Waals surface area contributed by atoms with Gasteiger partial charge in [0.1, 0.15) is 11.5 Å². The summed E-state index contributed by atoms with van der Waals surface area (Å²) < 4.78 is 1.39. The number of amides is 1. The van der Waals surface area contributed by atoms with Crippen molar-refractivity contribution < 1.29 is 4.79 Å². The van der Waals surface area contributed by atoms with Gasteiger partial charge in [0.2, 0.25) is 0 Å². The lowest BCUT2D eigenvalue weighted by Gasteiger charge is -2.07. The van der Waals surface area contributed by atoms with E-state index < -0.39 is 0 Å². The van der Waals surface area contributed by atoms with Crippen molar-refractivity contribution in [2.24, 2.45) is 0 Å². The molecule has 7 heteroatoms. The molecule has 0 fully saturated rings. The second kappa shape index (κ2) is 5.49. The smallest absolute Gasteiger partial charge is 0.312 e. The van der Waals surface area contributed by atoms with Crippen molar-refractivity contribution in [3.05, 3.63) is 70.5 Å². The van der Waals surface area contributed by atoms with E-state index in [2.05, 4.69) is 20.5 Å². The number of nitrogens with zero attached hydrogens (tertiary/aromatic N) is 2. The second-order valence-electron chi connectivity index (χ2n) is 4.48. The first kappa shape index (κ1) is 12.9. The molecule has 0 aliphatic carbocycles. The number of nitrogens with one attached hydrogen (secondary N) is 3. The molecule has 0 aliphatic rings. The minimum atomic E-state index is -0.381. The Kier molecular flexibility index (Phi) is 3.38. The van der Waals surface area contributed by atoms with Crippen LogP contribution in [0.2, 0.25) is 0 Å². The first-order valence-corrected chi connectivity index (χ1v) is 6.37. The van der Waals surface area contributed by atoms with E-state index in [1.54, 1.807) is 6.07 Å². The molecule has 1 amide bonds. The average Bonchev–Trinajstić information content (AvgIpc) is 3.11. The van der Waals surface area contributed by atoms with Crippen molar-refractivity contribution in [3.63, 3.8) is 0 Å². The summed E-state index contributed by atoms with van der Waals surface area (Å²) in [5.41, 5.74) is 0.877. The third kappa shape index (κ3) is 2.76. The Bertz CT molecular complexity index is 786. The summed E-state index contributed by atoms with van der Waals surface area (Å²) in [6.07, 6.45) is 2.93. The van der Waals surface area contributed by atoms with Crippen LogP contribution >= 0.6 is 0 Å². The van der Waals surface area contributed by atoms with E-state index in [1.165, 1.54) is 17.0 Å². The molecule has 21 heavy (non-hydrogen) atoms. The number of imidazole rings is 1. The summed E-state index contributed by atoms with van der Waals surface area (Å²) in [4.78, 5) is 26.6. The van der Waals surface area contributed by atoms with Gasteiger partial charge in [-0.05, 0) is 5.56 Å². The van der Waals surface area contributed by atoms with Crippen LogP contribution in [0.25, 0.3) is 0 Å². The number of hydrogen-bond acceptors (Lipinski definition) is 3. The van der Waals surface area contributed by atoms with E-state index in [0.717, 1.165) is 5.56 Å². The number of hydrogen-bond donors (Lipinski definition) is 3. The molecule has 1 aromatic carbocycles. The quantitative estimate of drug-likeness (QED) is 0.671. The number of aromatic nitrogens is 4. The van der Waals surface area contributed by atoms with Crippen LogP contribution in [0.5, 0.6) is 0 Å². The molecule has 0 aliphatic heterocycles. The number of carbonyl (C=O) groups excluding carboxylic acids is 1. The molecular formula is C14H13N5O2. The lowest BCUT2D eigenvalue weighted by molar-refractivity contribution is 0.101. The van der Waals surface area contributed by atoms with Crippen molar-refractivity contribution in [1.82, 2.24) is 19.7 Å². The fraction of sp³-hybridized carbons (Fsp3) is 0.0714. The maximum absolute atomic E-state index is 12.2. The molecule has 7 nitrogen and oxygen atoms in total. The molecule has 2 heterocycles. The first-order chi connectivity index (χ1) is 10.2. The van der Waals surface area contributed by atoms with Crippen LogP contribution in [0.3, 0.4) is 0 Å². The van der Waals surface area contributed by atoms with E-state index in [9.17, 15) is 9.59 Å². The molecule has 106 valence electrons. The summed E-state index contributed by atoms with van der Waals surface area (Å²) in [7, 11) is 0. The number of H-pyrrole nitrogens is 2. The summed E-state index contributed by atoms with van der Waals surface area (Å²) in [5.74, 6) is 0.0911. The Hall–Kier alpha value is -3.09. The van der Waals surface area contributed by atoms with E-state index in [4.69, 9.17) is 0 Å². The Morgan fingerprint density at radius 1 is 1.24 bits per heavy atom. The number of benzene rings is 1. The number of carbonyl (C=O) groups is 1. The molecule has 0 bridgehead atoms. The number of rotatable bonds is 4. The van der Waals surface area contributed by atoms with Crippen LogP contribution in [-0.4, -0.2) is 25.7 Å². The largest absolute Gasteiger partial charge is 0.326 e. The zero-order valence-corrected chi connectivity index (χ0v) is 11.0. The predicted octanol–water partition coefficient (Wildman–Crippen LogP) is 1.20. The van der Waals surface area contributed by atoms with E-state index in [0.29, 0.717) is 12.4 Å². The third-order valence-electron chi connectivity index (χ3n) is 3.03. The topological polar surface area (TPSA) is 95.6 Å². The maximum Gasteiger partial charge on any atom is 0.326 e. The number of aromatic amines is 2. The van der Waals surface area contributed by atoms with Gasteiger partial charge in [-0.2, -0.15) is 5.10 Å². The molecule has 0 saturated heterocycles. The summed E-state index contributed by atoms with van der Waals surface area (Å²) >= 11 is 0. The standard InChI is InChI=1S/C14H13N5O2/c20-13(17-12-6-7-16-18-12)11-8-15-14(21)19(11)9-10-4-2-1-3-5-10/h1-8H,9H2,(H,15,21)(H2,16,17,18,20). The normalized spacial score (nSPS) is 10.5. The van der Waals surface area contributed by atoms with Gasteiger partial charge in [0.05, 0.1) is 12.7 Å². The highest BCUT2D eigenvalue weighted by Crippen LogP contribution is 2.06. The van der Waals surface area contributed by atoms with Gasteiger partial charge in [-0.3, -0.25) is 14.5 Å². The van der Waals surface area contributed by atoms with E-state index in [-0.39, 0.29) is 17.3 Å². The molecule has 0 atom stereocenters. The summed E-state index contributed by atoms with van der Waals surface area (Å²) in [6, 6.07) is 11.1. The lowest BCUT2D eigenvalue weighted by atomic mass is 10.2. The molecule has 3 N–H and O–H groups in total. The molecule has 0 radical (unpaired) electrons. The molecule has 2 aromatic heterocycles. The summed E-state index contributed by atoms with van der Waals surface area (Å²) in [6.45, 7) is 0.328. The highest BCUT2D eigenvalue weighted by Gasteiger charge is 2.15. The fourth-order valence-corrected chi connectivity index (χ4v) is 2.02. The van der Waals surface area contributed by atoms with Crippen LogP contribution < -0.4 is 11.0 Å². The van der Waals surface area contributed by atoms with Crippen molar-refractivity contribution in [2.75, 3.05) is 5.32 Å². The van der Waals surface area contributed by atoms with Gasteiger partial charge in [0, 0.05) is 12.3 Å². The molecular weight excluding hydrogens is 270 g/mol. The first-order valence-electron chi connectivity index (χ1n) is 6.37. The van der Waals surface area contributed by atoms with E-state index in [1.807, 2.05) is 30.3 Å². The van der Waals surface area contributed by atoms with Gasteiger partial charge in [-0.15, -0.1) is 0 Å². The second-order valence-corrected chi connectivity index (χ2v) is 4.48. The highest BCUT2D eigenvalue weighted by atomic mass is 16.2. The van der Waals surface area contributed by atoms with Crippen LogP contribution in [0, 0.1) is 0 Å². The minimum Gasteiger partial charge on any atom is -0.312 e. The zero-order valence-electron chi connectivity index (χ0n) is 11.0. The van der Waals surface area contributed by atoms with Crippen molar-refractivity contribution in [1.29, 1.82) is 0 Å². The van der Waals surface area contributed by atoms with Gasteiger partial charge < -0.3 is 10.3 Å². The highest BCUT2D eigenvalue weighted by molar-refractivity contribution is 6.02. The van der Waals surface area contributed by atoms with Crippen LogP contribution in [0.4, 0.5) is 5.82 Å². The number of anilines is 1. The maximum atomic E-state index is 12.2. The van der Waals surface area contributed by atoms with Crippen LogP contribution in [0.15, 0.2) is 53.6 Å². The SMILES string of the molecule is O=C(Nc1ccn[nH]1)c1c[nH]c(=O)n1Cc1ccccc1. The fourth-order valence-electron chi connectivity index (χ4n) is 2.02. The van der Waals surface area contributed by atoms with Gasteiger partial charge in [0.15, 0.2) is 0 Å². The lowest BCUT2D eigenvalue weighted by Crippen LogP contribution is -2.24. The van der Waals surface area contributed by atoms with Crippen molar-refractivity contribution >= 4 is 11.7 Å². The third-order valence-corrected chi connectivity index (χ3v) is 3.03. The molecule has 0 spiro atoms. The van der Waals surface area contributed by atoms with E-state index >= 15 is 0 Å². The van der Waals surface area contributed by atoms with Gasteiger partial charge in [-0.25, -0.2) is 4.79 Å². The van der Waals surface area contributed by atoms with Gasteiger partial charge in [-0.1, -0.05) is 30.3 Å². The summed E-state index contributed by atoms with van der Waals surface area (Å²) in [5, 5.41) is 9.02. The monoisotopic (exact) mass is 283 g/mol. The molecule has 3 rings (SSSR count). The average molecular weight is 283 g/mol. The van der Waals surface area contributed by atoms with Crippen molar-refractivity contribution in [2.45, 2.75) is 6.54 Å². The Morgan fingerprint density at radius 3 is 2.76 bits per heavy atom. The molecule has 0 unspecified atom stereocenters. The Balaban J connectivity index is 1.86. The molecule has 0 saturated carbocycles. The van der Waals surface area contributed by atoms with Gasteiger partial charge >= 0.3 is 5.69 Å². The Morgan fingerprint density at radius 2 is 2.05 bits per heavy atom. The Labute approximate surface area is 119 Å². The zero-order chi connectivity index (χ0) is 14.7. The van der Waals surface area contributed by atoms with Gasteiger partial charge in [0.25, 0.3) is 5.91 Å².